The highest BCUT2D eigenvalue weighted by Gasteiger charge is 2.68. The molecule has 1 aliphatic heterocycles. The smallest absolute Gasteiger partial charge is 0.366 e. The van der Waals surface area contributed by atoms with Crippen LogP contribution in [0.3, 0.4) is 0 Å². The second-order valence-corrected chi connectivity index (χ2v) is 19.6. The van der Waals surface area contributed by atoms with Crippen molar-refractivity contribution in [1.29, 1.82) is 0 Å². The quantitative estimate of drug-likeness (QED) is 0.231. The molecule has 0 saturated carbocycles. The molecule has 0 bridgehead atoms. The fourth-order valence-corrected chi connectivity index (χ4v) is 19.3. The molecule has 0 aromatic rings. The van der Waals surface area contributed by atoms with Crippen LogP contribution in [0.2, 0.25) is 24.2 Å². The second kappa shape index (κ2) is 9.71. The van der Waals surface area contributed by atoms with Gasteiger partial charge in [0.15, 0.2) is 0 Å². The Morgan fingerprint density at radius 3 is 0.679 bits per heavy atom. The molecular formula is C16H36F4O4Si4. The molecule has 1 aliphatic rings. The summed E-state index contributed by atoms with van der Waals surface area (Å²) >= 11 is 0. The molecule has 1 rings (SSSR count). The van der Waals surface area contributed by atoms with Gasteiger partial charge in [-0.1, -0.05) is 55.4 Å². The molecule has 0 aromatic heterocycles. The van der Waals surface area contributed by atoms with Gasteiger partial charge < -0.3 is 16.5 Å². The molecular weight excluding hydrogens is 445 g/mol. The summed E-state index contributed by atoms with van der Waals surface area (Å²) in [5.41, 5.74) is 0. The first-order valence-corrected chi connectivity index (χ1v) is 17.7. The van der Waals surface area contributed by atoms with E-state index < -0.39 is 35.6 Å². The maximum Gasteiger partial charge on any atom is 0.526 e. The summed E-state index contributed by atoms with van der Waals surface area (Å²) in [6.07, 6.45) is 0. The molecule has 0 spiro atoms. The van der Waals surface area contributed by atoms with Crippen LogP contribution in [0.5, 0.6) is 0 Å². The van der Waals surface area contributed by atoms with Crippen LogP contribution in [-0.2, 0) is 16.5 Å². The van der Waals surface area contributed by atoms with E-state index in [1.54, 1.807) is 55.4 Å². The van der Waals surface area contributed by atoms with Gasteiger partial charge in [0.2, 0.25) is 0 Å². The van der Waals surface area contributed by atoms with Crippen molar-refractivity contribution in [1.82, 2.24) is 0 Å². The number of halogens is 4. The molecule has 0 unspecified atom stereocenters. The Bertz CT molecular complexity index is 415. The SMILES string of the molecule is CC(C)C[Si]1(F)O[Si](F)(CC(C)C)O[Si](F)(CC(C)C)O[Si](F)(CC(C)C)O1. The van der Waals surface area contributed by atoms with Crippen LogP contribution >= 0.6 is 0 Å². The first kappa shape index (κ1) is 26.5. The van der Waals surface area contributed by atoms with Crippen LogP contribution in [0.25, 0.3) is 0 Å². The highest BCUT2D eigenvalue weighted by atomic mass is 28.6. The predicted molar refractivity (Wildman–Crippen MR) is 110 cm³/mol. The summed E-state index contributed by atoms with van der Waals surface area (Å²) in [7, 11) is -19.2. The van der Waals surface area contributed by atoms with Crippen LogP contribution in [0.4, 0.5) is 16.4 Å². The minimum atomic E-state index is -4.81. The van der Waals surface area contributed by atoms with E-state index in [4.69, 9.17) is 16.5 Å². The zero-order valence-electron chi connectivity index (χ0n) is 18.3. The van der Waals surface area contributed by atoms with Crippen LogP contribution in [-0.4, -0.2) is 35.6 Å². The Morgan fingerprint density at radius 2 is 0.571 bits per heavy atom. The van der Waals surface area contributed by atoms with Crippen molar-refractivity contribution in [2.45, 2.75) is 79.6 Å². The maximum atomic E-state index is 15.7. The van der Waals surface area contributed by atoms with Crippen LogP contribution < -0.4 is 0 Å². The molecule has 0 atom stereocenters. The Kier molecular flexibility index (Phi) is 9.17. The van der Waals surface area contributed by atoms with Gasteiger partial charge in [-0.3, -0.25) is 0 Å². The lowest BCUT2D eigenvalue weighted by atomic mass is 10.3. The van der Waals surface area contributed by atoms with E-state index in [1.807, 2.05) is 0 Å². The van der Waals surface area contributed by atoms with Crippen molar-refractivity contribution < 1.29 is 32.9 Å². The fraction of sp³-hybridized carbons (Fsp3) is 1.00. The first-order chi connectivity index (χ1) is 12.5. The third-order valence-electron chi connectivity index (χ3n) is 3.83. The van der Waals surface area contributed by atoms with Crippen molar-refractivity contribution in [2.75, 3.05) is 0 Å². The topological polar surface area (TPSA) is 36.9 Å². The molecule has 0 amide bonds. The zero-order valence-corrected chi connectivity index (χ0v) is 22.3. The normalized spacial score (nSPS) is 37.7. The Morgan fingerprint density at radius 1 is 0.429 bits per heavy atom. The summed E-state index contributed by atoms with van der Waals surface area (Å²) in [4.78, 5) is 0. The van der Waals surface area contributed by atoms with E-state index in [0.29, 0.717) is 0 Å². The zero-order chi connectivity index (χ0) is 22.0. The Hall–Kier alpha value is 0.428. The van der Waals surface area contributed by atoms with Gasteiger partial charge in [-0.15, -0.1) is 0 Å². The molecule has 1 fully saturated rings. The minimum absolute atomic E-state index is 0.256. The predicted octanol–water partition coefficient (Wildman–Crippen LogP) is 6.32. The van der Waals surface area contributed by atoms with E-state index in [0.717, 1.165) is 0 Å². The summed E-state index contributed by atoms with van der Waals surface area (Å²) < 4.78 is 83.8. The van der Waals surface area contributed by atoms with Crippen molar-refractivity contribution in [3.8, 4) is 0 Å². The molecule has 0 aliphatic carbocycles. The van der Waals surface area contributed by atoms with Crippen molar-refractivity contribution >= 4 is 35.6 Å². The largest absolute Gasteiger partial charge is 0.526 e. The first-order valence-electron chi connectivity index (χ1n) is 10.1. The van der Waals surface area contributed by atoms with Gasteiger partial charge in [0.25, 0.3) is 0 Å². The molecule has 0 aromatic carbocycles. The molecule has 0 N–H and O–H groups in total. The molecule has 1 heterocycles. The number of hydrogen-bond acceptors (Lipinski definition) is 4. The molecule has 4 nitrogen and oxygen atoms in total. The van der Waals surface area contributed by atoms with Crippen LogP contribution in [0, 0.1) is 23.7 Å². The Labute approximate surface area is 172 Å². The van der Waals surface area contributed by atoms with Gasteiger partial charge >= 0.3 is 35.6 Å². The van der Waals surface area contributed by atoms with Crippen LogP contribution in [0.1, 0.15) is 55.4 Å². The van der Waals surface area contributed by atoms with Crippen molar-refractivity contribution in [2.24, 2.45) is 23.7 Å². The highest BCUT2D eigenvalue weighted by Crippen LogP contribution is 2.42. The molecule has 0 radical (unpaired) electrons. The number of rotatable bonds is 8. The second-order valence-electron chi connectivity index (χ2n) is 9.44. The fourth-order valence-electron chi connectivity index (χ4n) is 3.28. The van der Waals surface area contributed by atoms with Gasteiger partial charge in [-0.05, 0) is 23.7 Å². The average molecular weight is 481 g/mol. The van der Waals surface area contributed by atoms with Crippen molar-refractivity contribution in [3.63, 3.8) is 0 Å². The third kappa shape index (κ3) is 8.66. The van der Waals surface area contributed by atoms with Crippen LogP contribution in [0.15, 0.2) is 0 Å². The van der Waals surface area contributed by atoms with Gasteiger partial charge in [-0.2, -0.15) is 0 Å². The monoisotopic (exact) mass is 480 g/mol. The van der Waals surface area contributed by atoms with E-state index in [1.165, 1.54) is 0 Å². The van der Waals surface area contributed by atoms with Gasteiger partial charge in [0, 0.05) is 24.2 Å². The lowest BCUT2D eigenvalue weighted by Gasteiger charge is -2.43. The molecule has 1 saturated heterocycles. The van der Waals surface area contributed by atoms with Gasteiger partial charge in [-0.25, -0.2) is 16.4 Å². The highest BCUT2D eigenvalue weighted by molar-refractivity contribution is 6.88. The van der Waals surface area contributed by atoms with Gasteiger partial charge in [0.05, 0.1) is 0 Å². The third-order valence-corrected chi connectivity index (χ3v) is 18.8. The van der Waals surface area contributed by atoms with E-state index in [-0.39, 0.29) is 47.8 Å². The molecule has 12 heteroatoms. The van der Waals surface area contributed by atoms with Gasteiger partial charge in [0.1, 0.15) is 0 Å². The molecule has 168 valence electrons. The minimum Gasteiger partial charge on any atom is -0.366 e. The van der Waals surface area contributed by atoms with Crippen molar-refractivity contribution in [3.05, 3.63) is 0 Å². The summed E-state index contributed by atoms with van der Waals surface area (Å²) in [6, 6.07) is -1.06. The Balaban J connectivity index is 3.40. The van der Waals surface area contributed by atoms with E-state index in [2.05, 4.69) is 0 Å². The summed E-state index contributed by atoms with van der Waals surface area (Å²) in [5, 5.41) is 0. The van der Waals surface area contributed by atoms with E-state index >= 15 is 16.4 Å². The lowest BCUT2D eigenvalue weighted by Crippen LogP contribution is -2.66. The molecule has 28 heavy (non-hydrogen) atoms. The maximum absolute atomic E-state index is 15.7. The average Bonchev–Trinajstić information content (AvgIpc) is 2.28. The summed E-state index contributed by atoms with van der Waals surface area (Å²) in [5.74, 6) is -1.02. The lowest BCUT2D eigenvalue weighted by molar-refractivity contribution is 0.117. The standard InChI is InChI=1S/C16H36F4O4Si4/c1-13(2)9-25(17)21-26(18,10-14(3)4)23-28(20,12-16(7)8)24-27(19,22-25)11-15(5)6/h13-16H,9-12H2,1-8H3. The number of hydrogen-bond donors (Lipinski definition) is 0. The van der Waals surface area contributed by atoms with E-state index in [9.17, 15) is 0 Å². The summed E-state index contributed by atoms with van der Waals surface area (Å²) in [6.45, 7) is 13.7.